The van der Waals surface area contributed by atoms with E-state index in [1.54, 1.807) is 0 Å². The first-order valence-electron chi connectivity index (χ1n) is 7.38. The summed E-state index contributed by atoms with van der Waals surface area (Å²) in [6.45, 7) is 3.06. The Morgan fingerprint density at radius 1 is 0.741 bits per heavy atom. The number of benzene rings is 2. The minimum Gasteiger partial charge on any atom is -0.449 e. The summed E-state index contributed by atoms with van der Waals surface area (Å²) in [6, 6.07) is 7.39. The zero-order valence-electron chi connectivity index (χ0n) is 14.2. The standard InChI is InChI=1S/C18H12N2O7/c1-3-9-25-17-11-13(19(21)22)5-7-15(17)27-16-8-6-14(20(23)24)12-18(16)26-10-4-2/h5-8,11-12H,1-2H3. The lowest BCUT2D eigenvalue weighted by Gasteiger charge is -2.11. The van der Waals surface area contributed by atoms with Gasteiger partial charge in [-0.05, 0) is 12.1 Å². The van der Waals surface area contributed by atoms with E-state index in [1.165, 1.54) is 38.1 Å². The van der Waals surface area contributed by atoms with Gasteiger partial charge in [-0.2, -0.15) is 0 Å². The molecule has 0 N–H and O–H groups in total. The number of nitrogens with zero attached hydrogens (tertiary/aromatic N) is 2. The predicted octanol–water partition coefficient (Wildman–Crippen LogP) is 4.01. The lowest BCUT2D eigenvalue weighted by Crippen LogP contribution is -1.96. The Hall–Kier alpha value is -4.24. The van der Waals surface area contributed by atoms with E-state index in [-0.39, 0.29) is 34.4 Å². The maximum absolute atomic E-state index is 10.9. The summed E-state index contributed by atoms with van der Waals surface area (Å²) in [5.74, 6) is 5.21. The molecule has 136 valence electrons. The average molecular weight is 368 g/mol. The van der Waals surface area contributed by atoms with Gasteiger partial charge in [0.1, 0.15) is 12.2 Å². The molecular weight excluding hydrogens is 356 g/mol. The molecule has 0 radical (unpaired) electrons. The molecule has 2 aromatic rings. The summed E-state index contributed by atoms with van der Waals surface area (Å²) >= 11 is 0. The molecule has 0 aliphatic carbocycles. The Labute approximate surface area is 153 Å². The van der Waals surface area contributed by atoms with Crippen LogP contribution in [-0.2, 0) is 0 Å². The highest BCUT2D eigenvalue weighted by Gasteiger charge is 2.18. The summed E-state index contributed by atoms with van der Waals surface area (Å²) in [5.41, 5.74) is -0.431. The van der Waals surface area contributed by atoms with E-state index in [9.17, 15) is 20.2 Å². The van der Waals surface area contributed by atoms with Crippen molar-refractivity contribution in [3.63, 3.8) is 0 Å². The van der Waals surface area contributed by atoms with Gasteiger partial charge in [0.05, 0.1) is 22.0 Å². The van der Waals surface area contributed by atoms with Crippen LogP contribution in [0, 0.1) is 44.3 Å². The Morgan fingerprint density at radius 2 is 1.15 bits per heavy atom. The number of ether oxygens (including phenoxy) is 3. The van der Waals surface area contributed by atoms with Crippen LogP contribution in [0.4, 0.5) is 11.4 Å². The molecule has 0 bridgehead atoms. The molecule has 2 aromatic carbocycles. The van der Waals surface area contributed by atoms with Gasteiger partial charge in [-0.15, -0.1) is 0 Å². The normalized spacial score (nSPS) is 9.11. The van der Waals surface area contributed by atoms with Gasteiger partial charge in [-0.1, -0.05) is 11.8 Å². The molecule has 27 heavy (non-hydrogen) atoms. The second-order valence-electron chi connectivity index (χ2n) is 4.79. The van der Waals surface area contributed by atoms with E-state index in [2.05, 4.69) is 24.1 Å². The van der Waals surface area contributed by atoms with Gasteiger partial charge in [-0.3, -0.25) is 20.2 Å². The molecule has 0 saturated carbocycles. The maximum Gasteiger partial charge on any atom is 0.273 e. The predicted molar refractivity (Wildman–Crippen MR) is 94.4 cm³/mol. The minimum atomic E-state index is -0.590. The van der Waals surface area contributed by atoms with Crippen molar-refractivity contribution in [2.45, 2.75) is 13.8 Å². The van der Waals surface area contributed by atoms with Crippen LogP contribution in [0.15, 0.2) is 36.4 Å². The van der Waals surface area contributed by atoms with Crippen molar-refractivity contribution in [2.75, 3.05) is 0 Å². The zero-order chi connectivity index (χ0) is 19.8. The fourth-order valence-corrected chi connectivity index (χ4v) is 1.88. The number of nitro benzene ring substituents is 2. The molecule has 0 atom stereocenters. The van der Waals surface area contributed by atoms with E-state index in [4.69, 9.17) is 14.2 Å². The van der Waals surface area contributed by atoms with Crippen LogP contribution in [0.3, 0.4) is 0 Å². The summed E-state index contributed by atoms with van der Waals surface area (Å²) in [6.07, 6.45) is 4.67. The fraction of sp³-hybridized carbons (Fsp3) is 0.111. The Bertz CT molecular complexity index is 928. The third kappa shape index (κ3) is 4.87. The van der Waals surface area contributed by atoms with Gasteiger partial charge in [0.2, 0.25) is 0 Å². The zero-order valence-corrected chi connectivity index (χ0v) is 14.2. The largest absolute Gasteiger partial charge is 0.449 e. The topological polar surface area (TPSA) is 114 Å². The third-order valence-corrected chi connectivity index (χ3v) is 3.02. The summed E-state index contributed by atoms with van der Waals surface area (Å²) in [4.78, 5) is 20.7. The van der Waals surface area contributed by atoms with Crippen LogP contribution in [0.2, 0.25) is 0 Å². The number of non-ortho nitro benzene ring substituents is 2. The summed E-state index contributed by atoms with van der Waals surface area (Å²) < 4.78 is 16.0. The Morgan fingerprint density at radius 3 is 1.48 bits per heavy atom. The molecule has 0 aliphatic rings. The van der Waals surface area contributed by atoms with Crippen molar-refractivity contribution in [3.05, 3.63) is 56.6 Å². The first-order valence-corrected chi connectivity index (χ1v) is 7.38. The van der Waals surface area contributed by atoms with Crippen molar-refractivity contribution in [3.8, 4) is 47.1 Å². The van der Waals surface area contributed by atoms with Crippen LogP contribution in [-0.4, -0.2) is 9.85 Å². The molecule has 0 saturated heterocycles. The van der Waals surface area contributed by atoms with Gasteiger partial charge >= 0.3 is 0 Å². The molecule has 0 aliphatic heterocycles. The average Bonchev–Trinajstić information content (AvgIpc) is 2.65. The molecule has 0 amide bonds. The quantitative estimate of drug-likeness (QED) is 0.430. The highest BCUT2D eigenvalue weighted by atomic mass is 16.6. The van der Waals surface area contributed by atoms with E-state index >= 15 is 0 Å². The first-order chi connectivity index (χ1) is 13.0. The Kier molecular flexibility index (Phi) is 6.18. The van der Waals surface area contributed by atoms with Crippen molar-refractivity contribution < 1.29 is 24.1 Å². The molecule has 2 rings (SSSR count). The number of hydrogen-bond donors (Lipinski definition) is 0. The smallest absolute Gasteiger partial charge is 0.273 e. The fourth-order valence-electron chi connectivity index (χ4n) is 1.88. The van der Waals surface area contributed by atoms with Crippen molar-refractivity contribution in [2.24, 2.45) is 0 Å². The SMILES string of the molecule is CC#COc1cc([N+](=O)[O-])ccc1Oc1ccc([N+](=O)[O-])cc1OC#CC. The van der Waals surface area contributed by atoms with Gasteiger partial charge in [0, 0.05) is 26.0 Å². The molecular formula is C18H12N2O7. The second-order valence-corrected chi connectivity index (χ2v) is 4.79. The maximum atomic E-state index is 10.9. The van der Waals surface area contributed by atoms with Crippen LogP contribution >= 0.6 is 0 Å². The summed E-state index contributed by atoms with van der Waals surface area (Å²) in [5, 5.41) is 21.9. The van der Waals surface area contributed by atoms with Gasteiger partial charge in [0.15, 0.2) is 23.0 Å². The third-order valence-electron chi connectivity index (χ3n) is 3.02. The molecule has 9 heteroatoms. The molecule has 0 unspecified atom stereocenters. The van der Waals surface area contributed by atoms with Gasteiger partial charge in [0.25, 0.3) is 11.4 Å². The van der Waals surface area contributed by atoms with E-state index in [0.717, 1.165) is 12.1 Å². The van der Waals surface area contributed by atoms with Gasteiger partial charge in [-0.25, -0.2) is 0 Å². The molecule has 0 fully saturated rings. The van der Waals surface area contributed by atoms with Crippen molar-refractivity contribution in [1.29, 1.82) is 0 Å². The van der Waals surface area contributed by atoms with Crippen LogP contribution in [0.5, 0.6) is 23.0 Å². The highest BCUT2D eigenvalue weighted by Crippen LogP contribution is 2.39. The van der Waals surface area contributed by atoms with Crippen molar-refractivity contribution in [1.82, 2.24) is 0 Å². The van der Waals surface area contributed by atoms with E-state index in [1.807, 2.05) is 0 Å². The molecule has 0 aromatic heterocycles. The first kappa shape index (κ1) is 19.1. The monoisotopic (exact) mass is 368 g/mol. The van der Waals surface area contributed by atoms with E-state index in [0.29, 0.717) is 0 Å². The van der Waals surface area contributed by atoms with Crippen LogP contribution in [0.25, 0.3) is 0 Å². The lowest BCUT2D eigenvalue weighted by molar-refractivity contribution is -0.385. The molecule has 0 spiro atoms. The van der Waals surface area contributed by atoms with Crippen LogP contribution < -0.4 is 14.2 Å². The number of hydrogen-bond acceptors (Lipinski definition) is 7. The van der Waals surface area contributed by atoms with E-state index < -0.39 is 9.85 Å². The van der Waals surface area contributed by atoms with Crippen molar-refractivity contribution >= 4 is 11.4 Å². The summed E-state index contributed by atoms with van der Waals surface area (Å²) in [7, 11) is 0. The minimum absolute atomic E-state index is 0.00410. The van der Waals surface area contributed by atoms with Gasteiger partial charge < -0.3 is 14.2 Å². The molecule has 9 nitrogen and oxygen atoms in total. The number of rotatable bonds is 6. The Balaban J connectivity index is 2.47. The lowest BCUT2D eigenvalue weighted by atomic mass is 10.2. The highest BCUT2D eigenvalue weighted by molar-refractivity contribution is 5.55. The molecule has 0 heterocycles. The van der Waals surface area contributed by atoms with Crippen LogP contribution in [0.1, 0.15) is 13.8 Å². The second kappa shape index (κ2) is 8.74. The number of nitro groups is 2.